The minimum absolute atomic E-state index is 0.00504. The van der Waals surface area contributed by atoms with Crippen LogP contribution >= 0.6 is 11.6 Å². The van der Waals surface area contributed by atoms with Crippen LogP contribution in [0, 0.1) is 0 Å². The van der Waals surface area contributed by atoms with E-state index in [1.54, 1.807) is 61.6 Å². The highest BCUT2D eigenvalue weighted by atomic mass is 35.5. The van der Waals surface area contributed by atoms with E-state index in [1.165, 1.54) is 4.90 Å². The van der Waals surface area contributed by atoms with E-state index in [4.69, 9.17) is 16.3 Å². The van der Waals surface area contributed by atoms with Crippen LogP contribution in [0.25, 0.3) is 0 Å². The molecule has 0 N–H and O–H groups in total. The van der Waals surface area contributed by atoms with Crippen molar-refractivity contribution < 1.29 is 23.9 Å². The van der Waals surface area contributed by atoms with Gasteiger partial charge in [-0.1, -0.05) is 60.1 Å². The van der Waals surface area contributed by atoms with Gasteiger partial charge in [0.05, 0.1) is 6.42 Å². The van der Waals surface area contributed by atoms with Crippen molar-refractivity contribution in [2.24, 2.45) is 0 Å². The molecule has 1 aliphatic rings. The number of hydrogen-bond donors (Lipinski definition) is 0. The first-order valence-corrected chi connectivity index (χ1v) is 11.0. The number of esters is 1. The van der Waals surface area contributed by atoms with Crippen LogP contribution in [-0.4, -0.2) is 42.0 Å². The molecule has 0 spiro atoms. The molecule has 2 aromatic rings. The van der Waals surface area contributed by atoms with Crippen LogP contribution < -0.4 is 0 Å². The highest BCUT2D eigenvalue weighted by Crippen LogP contribution is 2.42. The van der Waals surface area contributed by atoms with Crippen LogP contribution in [-0.2, 0) is 24.7 Å². The zero-order valence-electron chi connectivity index (χ0n) is 18.0. The van der Waals surface area contributed by atoms with E-state index in [1.807, 2.05) is 0 Å². The first-order chi connectivity index (χ1) is 15.4. The van der Waals surface area contributed by atoms with Crippen molar-refractivity contribution in [3.63, 3.8) is 0 Å². The van der Waals surface area contributed by atoms with Crippen LogP contribution in [0.1, 0.15) is 54.4 Å². The lowest BCUT2D eigenvalue weighted by atomic mass is 9.74. The van der Waals surface area contributed by atoms with Gasteiger partial charge in [-0.05, 0) is 25.3 Å². The average molecular weight is 456 g/mol. The Morgan fingerprint density at radius 2 is 1.69 bits per heavy atom. The second-order valence-corrected chi connectivity index (χ2v) is 8.28. The van der Waals surface area contributed by atoms with Gasteiger partial charge < -0.3 is 9.64 Å². The van der Waals surface area contributed by atoms with Gasteiger partial charge in [0.1, 0.15) is 5.54 Å². The fourth-order valence-corrected chi connectivity index (χ4v) is 4.43. The van der Waals surface area contributed by atoms with Gasteiger partial charge in [0.2, 0.25) is 0 Å². The summed E-state index contributed by atoms with van der Waals surface area (Å²) in [4.78, 5) is 51.6. The monoisotopic (exact) mass is 455 g/mol. The minimum atomic E-state index is -1.18. The first kappa shape index (κ1) is 23.7. The summed E-state index contributed by atoms with van der Waals surface area (Å²) >= 11 is 6.40. The molecule has 0 aromatic heterocycles. The fourth-order valence-electron chi connectivity index (χ4n) is 4.14. The SMILES string of the molecule is CN(C(=O)COC(=O)CCC(=O)c1ccccc1)C1(c2ccccc2Cl)CCCCC1=O. The number of carbonyl (C=O) groups is 4. The molecule has 0 bridgehead atoms. The summed E-state index contributed by atoms with van der Waals surface area (Å²) in [5, 5.41) is 0.416. The maximum absolute atomic E-state index is 13.1. The summed E-state index contributed by atoms with van der Waals surface area (Å²) in [6.07, 6.45) is 2.21. The highest BCUT2D eigenvalue weighted by Gasteiger charge is 2.47. The third-order valence-electron chi connectivity index (χ3n) is 5.93. The smallest absolute Gasteiger partial charge is 0.306 e. The number of amides is 1. The molecule has 0 aliphatic heterocycles. The Bertz CT molecular complexity index is 1010. The molecular weight excluding hydrogens is 430 g/mol. The topological polar surface area (TPSA) is 80.8 Å². The van der Waals surface area contributed by atoms with Gasteiger partial charge in [0.25, 0.3) is 5.91 Å². The van der Waals surface area contributed by atoms with Crippen molar-refractivity contribution in [1.82, 2.24) is 4.90 Å². The zero-order valence-corrected chi connectivity index (χ0v) is 18.8. The molecule has 1 aliphatic carbocycles. The Labute approximate surface area is 192 Å². The Morgan fingerprint density at radius 1 is 1.00 bits per heavy atom. The Kier molecular flexibility index (Phi) is 7.80. The molecule has 1 unspecified atom stereocenters. The van der Waals surface area contributed by atoms with Crippen LogP contribution in [0.4, 0.5) is 0 Å². The predicted molar refractivity (Wildman–Crippen MR) is 120 cm³/mol. The van der Waals surface area contributed by atoms with Gasteiger partial charge in [0.15, 0.2) is 18.2 Å². The maximum Gasteiger partial charge on any atom is 0.306 e. The largest absolute Gasteiger partial charge is 0.456 e. The molecule has 2 aromatic carbocycles. The molecule has 6 nitrogen and oxygen atoms in total. The fraction of sp³-hybridized carbons (Fsp3) is 0.360. The van der Waals surface area contributed by atoms with Gasteiger partial charge >= 0.3 is 5.97 Å². The Morgan fingerprint density at radius 3 is 2.38 bits per heavy atom. The molecule has 7 heteroatoms. The normalized spacial score (nSPS) is 18.1. The molecular formula is C25H26ClNO5. The lowest BCUT2D eigenvalue weighted by Gasteiger charge is -2.43. The summed E-state index contributed by atoms with van der Waals surface area (Å²) in [5.74, 6) is -1.38. The molecule has 0 saturated heterocycles. The van der Waals surface area contributed by atoms with E-state index in [0.29, 0.717) is 29.0 Å². The quantitative estimate of drug-likeness (QED) is 0.437. The van der Waals surface area contributed by atoms with Crippen molar-refractivity contribution in [3.05, 3.63) is 70.7 Å². The maximum atomic E-state index is 13.1. The number of halogens is 1. The molecule has 3 rings (SSSR count). The predicted octanol–water partition coefficient (Wildman–Crippen LogP) is 4.34. The molecule has 1 fully saturated rings. The number of Topliss-reactive ketones (excluding diaryl/α,β-unsaturated/α-hetero) is 2. The number of rotatable bonds is 8. The summed E-state index contributed by atoms with van der Waals surface area (Å²) in [5.41, 5.74) is -0.0702. The number of nitrogens with zero attached hydrogens (tertiary/aromatic N) is 1. The van der Waals surface area contributed by atoms with Gasteiger partial charge in [-0.3, -0.25) is 19.2 Å². The van der Waals surface area contributed by atoms with Crippen molar-refractivity contribution in [2.45, 2.75) is 44.1 Å². The van der Waals surface area contributed by atoms with E-state index in [2.05, 4.69) is 0 Å². The van der Waals surface area contributed by atoms with E-state index in [0.717, 1.165) is 12.8 Å². The Hall–Kier alpha value is -2.99. The van der Waals surface area contributed by atoms with Gasteiger partial charge in [-0.2, -0.15) is 0 Å². The molecule has 1 atom stereocenters. The average Bonchev–Trinajstić information content (AvgIpc) is 2.82. The van der Waals surface area contributed by atoms with Crippen molar-refractivity contribution in [1.29, 1.82) is 0 Å². The number of carbonyl (C=O) groups excluding carboxylic acids is 4. The summed E-state index contributed by atoms with van der Waals surface area (Å²) in [7, 11) is 1.54. The lowest BCUT2D eigenvalue weighted by Crippen LogP contribution is -2.55. The standard InChI is InChI=1S/C25H26ClNO5/c1-27(25(16-8-7-13-22(25)29)19-11-5-6-12-20(19)26)23(30)17-32-24(31)15-14-21(28)18-9-3-2-4-10-18/h2-6,9-12H,7-8,13-17H2,1H3. The van der Waals surface area contributed by atoms with Crippen molar-refractivity contribution >= 4 is 35.0 Å². The summed E-state index contributed by atoms with van der Waals surface area (Å²) in [6, 6.07) is 15.7. The van der Waals surface area contributed by atoms with E-state index < -0.39 is 24.0 Å². The van der Waals surface area contributed by atoms with Gasteiger partial charge in [-0.25, -0.2) is 0 Å². The minimum Gasteiger partial charge on any atom is -0.456 e. The van der Waals surface area contributed by atoms with Crippen LogP contribution in [0.15, 0.2) is 54.6 Å². The molecule has 32 heavy (non-hydrogen) atoms. The summed E-state index contributed by atoms with van der Waals surface area (Å²) < 4.78 is 5.12. The molecule has 0 radical (unpaired) electrons. The van der Waals surface area contributed by atoms with Crippen LogP contribution in [0.5, 0.6) is 0 Å². The zero-order chi connectivity index (χ0) is 23.1. The molecule has 0 heterocycles. The van der Waals surface area contributed by atoms with Crippen molar-refractivity contribution in [2.75, 3.05) is 13.7 Å². The summed E-state index contributed by atoms with van der Waals surface area (Å²) in [6.45, 7) is -0.506. The van der Waals surface area contributed by atoms with E-state index in [9.17, 15) is 19.2 Å². The number of benzene rings is 2. The number of ether oxygens (including phenoxy) is 1. The lowest BCUT2D eigenvalue weighted by molar-refractivity contribution is -0.157. The van der Waals surface area contributed by atoms with Crippen LogP contribution in [0.2, 0.25) is 5.02 Å². The molecule has 1 amide bonds. The van der Waals surface area contributed by atoms with Gasteiger partial charge in [0, 0.05) is 36.0 Å². The first-order valence-electron chi connectivity index (χ1n) is 10.6. The Balaban J connectivity index is 1.64. The number of hydrogen-bond acceptors (Lipinski definition) is 5. The third kappa shape index (κ3) is 5.07. The van der Waals surface area contributed by atoms with Crippen LogP contribution in [0.3, 0.4) is 0 Å². The number of likely N-dealkylation sites (N-methyl/N-ethyl adjacent to an activating group) is 1. The second kappa shape index (κ2) is 10.6. The highest BCUT2D eigenvalue weighted by molar-refractivity contribution is 6.31. The van der Waals surface area contributed by atoms with E-state index in [-0.39, 0.29) is 24.4 Å². The molecule has 168 valence electrons. The van der Waals surface area contributed by atoms with E-state index >= 15 is 0 Å². The third-order valence-corrected chi connectivity index (χ3v) is 6.26. The second-order valence-electron chi connectivity index (χ2n) is 7.87. The van der Waals surface area contributed by atoms with Crippen molar-refractivity contribution in [3.8, 4) is 0 Å². The molecule has 1 saturated carbocycles. The number of ketones is 2. The van der Waals surface area contributed by atoms with Gasteiger partial charge in [-0.15, -0.1) is 0 Å².